The molecule has 4 rings (SSSR count). The molecule has 0 radical (unpaired) electrons. The molecule has 0 saturated carbocycles. The Labute approximate surface area is 185 Å². The number of hydrogen-bond donors (Lipinski definition) is 1. The fourth-order valence-electron chi connectivity index (χ4n) is 3.33. The third kappa shape index (κ3) is 4.71. The van der Waals surface area contributed by atoms with Gasteiger partial charge in [-0.3, -0.25) is 0 Å². The largest absolute Gasteiger partial charge is 0.427 e. The van der Waals surface area contributed by atoms with Crippen LogP contribution in [0.1, 0.15) is 27.7 Å². The molecule has 0 aliphatic heterocycles. The molecule has 1 N–H and O–H groups in total. The van der Waals surface area contributed by atoms with Crippen LogP contribution in [0, 0.1) is 0 Å². The third-order valence-electron chi connectivity index (χ3n) is 6.11. The van der Waals surface area contributed by atoms with E-state index >= 15 is 0 Å². The van der Waals surface area contributed by atoms with Crippen molar-refractivity contribution in [2.45, 2.75) is 38.9 Å². The van der Waals surface area contributed by atoms with Crippen molar-refractivity contribution in [2.24, 2.45) is 0 Å². The van der Waals surface area contributed by atoms with Gasteiger partial charge in [-0.25, -0.2) is 4.98 Å². The highest BCUT2D eigenvalue weighted by Crippen LogP contribution is 2.26. The lowest BCUT2D eigenvalue weighted by molar-refractivity contribution is -0.0893. The van der Waals surface area contributed by atoms with Crippen LogP contribution < -0.4 is 5.46 Å². The van der Waals surface area contributed by atoms with Gasteiger partial charge in [0.25, 0.3) is 0 Å². The van der Waals surface area contributed by atoms with Crippen molar-refractivity contribution in [3.63, 3.8) is 0 Å². The third-order valence-corrected chi connectivity index (χ3v) is 6.11. The molecule has 0 bridgehead atoms. The Morgan fingerprint density at radius 1 is 0.742 bits per heavy atom. The Bertz CT molecular complexity index is 1180. The number of aromatic nitrogens is 1. The minimum absolute atomic E-state index is 0.440. The van der Waals surface area contributed by atoms with E-state index in [9.17, 15) is 5.11 Å². The van der Waals surface area contributed by atoms with Gasteiger partial charge in [-0.15, -0.1) is 0 Å². The number of nitrogens with zero attached hydrogens (tertiary/aromatic N) is 1. The normalized spacial score (nSPS) is 12.2. The molecule has 156 valence electrons. The van der Waals surface area contributed by atoms with E-state index in [1.54, 1.807) is 13.8 Å². The monoisotopic (exact) mass is 409 g/mol. The molecule has 4 aromatic rings. The van der Waals surface area contributed by atoms with Gasteiger partial charge in [-0.1, -0.05) is 78.3 Å². The fourth-order valence-corrected chi connectivity index (χ4v) is 3.33. The minimum Gasteiger partial charge on any atom is -0.427 e. The lowest BCUT2D eigenvalue weighted by Gasteiger charge is -2.37. The molecule has 0 atom stereocenters. The molecular formula is C27H28BNO2. The summed E-state index contributed by atoms with van der Waals surface area (Å²) >= 11 is 0. The van der Waals surface area contributed by atoms with Crippen LogP contribution in [0.25, 0.3) is 33.3 Å². The van der Waals surface area contributed by atoms with E-state index in [0.717, 1.165) is 27.6 Å². The second-order valence-corrected chi connectivity index (χ2v) is 9.02. The maximum absolute atomic E-state index is 10.3. The van der Waals surface area contributed by atoms with E-state index in [-0.39, 0.29) is 0 Å². The van der Waals surface area contributed by atoms with Crippen molar-refractivity contribution in [1.29, 1.82) is 0 Å². The maximum atomic E-state index is 10.3. The zero-order valence-electron chi connectivity index (χ0n) is 18.6. The summed E-state index contributed by atoms with van der Waals surface area (Å²) < 4.78 is 6.00. The fraction of sp³-hybridized carbons (Fsp3) is 0.222. The summed E-state index contributed by atoms with van der Waals surface area (Å²) in [7, 11) is 0.440. The Kier molecular flexibility index (Phi) is 5.70. The Hall–Kier alpha value is -2.95. The topological polar surface area (TPSA) is 42.4 Å². The smallest absolute Gasteiger partial charge is 0.309 e. The summed E-state index contributed by atoms with van der Waals surface area (Å²) in [4.78, 5) is 4.86. The van der Waals surface area contributed by atoms with Gasteiger partial charge in [0.2, 0.25) is 0 Å². The molecule has 0 fully saturated rings. The van der Waals surface area contributed by atoms with Gasteiger partial charge in [-0.05, 0) is 56.3 Å². The van der Waals surface area contributed by atoms with E-state index in [0.29, 0.717) is 7.48 Å². The lowest BCUT2D eigenvalue weighted by atomic mass is 9.82. The molecule has 0 saturated heterocycles. The Morgan fingerprint density at radius 3 is 2.06 bits per heavy atom. The number of rotatable bonds is 6. The predicted octanol–water partition coefficient (Wildman–Crippen LogP) is 5.11. The van der Waals surface area contributed by atoms with E-state index in [4.69, 9.17) is 9.64 Å². The van der Waals surface area contributed by atoms with Crippen LogP contribution in [0.4, 0.5) is 0 Å². The highest BCUT2D eigenvalue weighted by molar-refractivity contribution is 6.47. The first-order chi connectivity index (χ1) is 14.7. The number of pyridine rings is 1. The molecule has 0 aliphatic rings. The van der Waals surface area contributed by atoms with Crippen molar-refractivity contribution >= 4 is 23.8 Å². The summed E-state index contributed by atoms with van der Waals surface area (Å²) in [6.45, 7) is 7.35. The molecule has 3 nitrogen and oxygen atoms in total. The van der Waals surface area contributed by atoms with Gasteiger partial charge in [0.15, 0.2) is 0 Å². The minimum atomic E-state index is -0.920. The van der Waals surface area contributed by atoms with Crippen LogP contribution in [0.3, 0.4) is 0 Å². The Balaban J connectivity index is 1.53. The van der Waals surface area contributed by atoms with Crippen LogP contribution in [-0.4, -0.2) is 28.8 Å². The molecule has 0 spiro atoms. The van der Waals surface area contributed by atoms with Crippen molar-refractivity contribution in [3.8, 4) is 22.4 Å². The van der Waals surface area contributed by atoms with Crippen molar-refractivity contribution in [2.75, 3.05) is 0 Å². The summed E-state index contributed by atoms with van der Waals surface area (Å²) in [6, 6.07) is 29.2. The zero-order valence-corrected chi connectivity index (χ0v) is 18.6. The van der Waals surface area contributed by atoms with Crippen molar-refractivity contribution in [3.05, 3.63) is 84.9 Å². The van der Waals surface area contributed by atoms with Gasteiger partial charge in [0.05, 0.1) is 22.4 Å². The van der Waals surface area contributed by atoms with Gasteiger partial charge >= 0.3 is 7.48 Å². The molecule has 3 aromatic carbocycles. The van der Waals surface area contributed by atoms with Crippen LogP contribution in [-0.2, 0) is 4.65 Å². The molecule has 0 amide bonds. The van der Waals surface area contributed by atoms with Crippen LogP contribution in [0.2, 0.25) is 0 Å². The highest BCUT2D eigenvalue weighted by Gasteiger charge is 2.35. The molecule has 1 heterocycles. The average molecular weight is 409 g/mol. The number of benzene rings is 3. The summed E-state index contributed by atoms with van der Waals surface area (Å²) in [6.07, 6.45) is 0. The first-order valence-electron chi connectivity index (χ1n) is 10.6. The molecule has 1 aromatic heterocycles. The predicted molar refractivity (Wildman–Crippen MR) is 131 cm³/mol. The van der Waals surface area contributed by atoms with Crippen LogP contribution >= 0.6 is 0 Å². The van der Waals surface area contributed by atoms with Gasteiger partial charge in [0.1, 0.15) is 0 Å². The molecule has 0 unspecified atom stereocenters. The van der Waals surface area contributed by atoms with Crippen LogP contribution in [0.15, 0.2) is 84.9 Å². The van der Waals surface area contributed by atoms with Crippen molar-refractivity contribution in [1.82, 2.24) is 4.98 Å². The number of hydrogen-bond acceptors (Lipinski definition) is 3. The zero-order chi connectivity index (χ0) is 22.1. The summed E-state index contributed by atoms with van der Waals surface area (Å²) in [5, 5.41) is 11.4. The van der Waals surface area contributed by atoms with Gasteiger partial charge in [-0.2, -0.15) is 0 Å². The number of aliphatic hydroxyl groups is 1. The standard InChI is InChI=1S/C27H28BNO2/c1-26(2,30)27(3,4)31-28-23-15-17-25-22(18-23)14-16-24(29-25)21-12-10-20(11-13-21)19-8-6-5-7-9-19/h5-18,28,30H,1-4H3. The molecule has 31 heavy (non-hydrogen) atoms. The average Bonchev–Trinajstić information content (AvgIpc) is 2.77. The number of fused-ring (bicyclic) bond motifs is 1. The van der Waals surface area contributed by atoms with Gasteiger partial charge < -0.3 is 9.76 Å². The molecular weight excluding hydrogens is 381 g/mol. The highest BCUT2D eigenvalue weighted by atomic mass is 16.5. The van der Waals surface area contributed by atoms with E-state index in [1.165, 1.54) is 11.1 Å². The Morgan fingerprint density at radius 2 is 1.39 bits per heavy atom. The first-order valence-corrected chi connectivity index (χ1v) is 10.6. The summed E-state index contributed by atoms with van der Waals surface area (Å²) in [5.74, 6) is 0. The van der Waals surface area contributed by atoms with E-state index in [1.807, 2.05) is 32.0 Å². The second kappa shape index (κ2) is 8.29. The lowest BCUT2D eigenvalue weighted by Crippen LogP contribution is -2.49. The van der Waals surface area contributed by atoms with E-state index < -0.39 is 11.2 Å². The maximum Gasteiger partial charge on any atom is 0.309 e. The molecule has 4 heteroatoms. The SMILES string of the molecule is CC(C)(O)C(C)(C)OBc1ccc2nc(-c3ccc(-c4ccccc4)cc3)ccc2c1. The first kappa shape index (κ1) is 21.3. The summed E-state index contributed by atoms with van der Waals surface area (Å²) in [5.41, 5.74) is 4.92. The van der Waals surface area contributed by atoms with Crippen molar-refractivity contribution < 1.29 is 9.76 Å². The van der Waals surface area contributed by atoms with Gasteiger partial charge in [0, 0.05) is 5.56 Å². The van der Waals surface area contributed by atoms with Crippen LogP contribution in [0.5, 0.6) is 0 Å². The van der Waals surface area contributed by atoms with E-state index in [2.05, 4.69) is 66.7 Å². The second-order valence-electron chi connectivity index (χ2n) is 9.02. The molecule has 0 aliphatic carbocycles. The quantitative estimate of drug-likeness (QED) is 0.450.